The van der Waals surface area contributed by atoms with Crippen molar-refractivity contribution in [2.45, 2.75) is 13.3 Å². The van der Waals surface area contributed by atoms with Gasteiger partial charge in [0, 0.05) is 4.47 Å². The number of hydrogen-bond donors (Lipinski definition) is 2. The van der Waals surface area contributed by atoms with Gasteiger partial charge in [0.05, 0.1) is 18.1 Å². The molecule has 0 fully saturated rings. The summed E-state index contributed by atoms with van der Waals surface area (Å²) < 4.78 is 6.32. The van der Waals surface area contributed by atoms with Gasteiger partial charge in [0.15, 0.2) is 0 Å². The average Bonchev–Trinajstić information content (AvgIpc) is 2.21. The van der Waals surface area contributed by atoms with E-state index in [0.29, 0.717) is 10.8 Å². The maximum atomic E-state index is 10.9. The first kappa shape index (κ1) is 13.3. The second kappa shape index (κ2) is 6.08. The standard InChI is InChI=1S/C10H12BrClN2O2/c1-6-4-7(11)5-8(12)10(6)16-3-2-9(15)14-13/h4-5H,2-3,13H2,1H3,(H,14,15). The number of benzene rings is 1. The molecular formula is C10H12BrClN2O2. The molecule has 0 atom stereocenters. The van der Waals surface area contributed by atoms with Crippen molar-refractivity contribution in [1.82, 2.24) is 5.43 Å². The molecule has 0 saturated carbocycles. The highest BCUT2D eigenvalue weighted by molar-refractivity contribution is 9.10. The van der Waals surface area contributed by atoms with Crippen LogP contribution in [0.2, 0.25) is 5.02 Å². The molecule has 0 aliphatic rings. The predicted octanol–water partition coefficient (Wildman–Crippen LogP) is 2.17. The van der Waals surface area contributed by atoms with E-state index in [4.69, 9.17) is 22.2 Å². The molecule has 1 aromatic carbocycles. The molecule has 0 aliphatic heterocycles. The highest BCUT2D eigenvalue weighted by Gasteiger charge is 2.08. The van der Waals surface area contributed by atoms with Gasteiger partial charge in [0.2, 0.25) is 5.91 Å². The molecule has 6 heteroatoms. The van der Waals surface area contributed by atoms with E-state index in [1.165, 1.54) is 0 Å². The maximum Gasteiger partial charge on any atom is 0.237 e. The third kappa shape index (κ3) is 3.66. The van der Waals surface area contributed by atoms with Crippen LogP contribution in [0.15, 0.2) is 16.6 Å². The molecule has 0 saturated heterocycles. The van der Waals surface area contributed by atoms with Crippen LogP contribution in [-0.2, 0) is 4.79 Å². The Bertz CT molecular complexity index is 375. The number of hydrogen-bond acceptors (Lipinski definition) is 3. The van der Waals surface area contributed by atoms with Gasteiger partial charge in [-0.3, -0.25) is 10.2 Å². The van der Waals surface area contributed by atoms with Crippen molar-refractivity contribution in [2.75, 3.05) is 6.61 Å². The highest BCUT2D eigenvalue weighted by atomic mass is 79.9. The fraction of sp³-hybridized carbons (Fsp3) is 0.300. The smallest absolute Gasteiger partial charge is 0.237 e. The van der Waals surface area contributed by atoms with Crippen molar-refractivity contribution in [3.63, 3.8) is 0 Å². The predicted molar refractivity (Wildman–Crippen MR) is 66.3 cm³/mol. The van der Waals surface area contributed by atoms with Crippen LogP contribution in [-0.4, -0.2) is 12.5 Å². The molecule has 0 radical (unpaired) electrons. The number of rotatable bonds is 4. The van der Waals surface area contributed by atoms with Crippen LogP contribution in [0.5, 0.6) is 5.75 Å². The Morgan fingerprint density at radius 2 is 2.31 bits per heavy atom. The molecule has 1 amide bonds. The lowest BCUT2D eigenvalue weighted by molar-refractivity contribution is -0.121. The van der Waals surface area contributed by atoms with Crippen LogP contribution < -0.4 is 16.0 Å². The molecule has 0 aliphatic carbocycles. The molecule has 0 spiro atoms. The third-order valence-corrected chi connectivity index (χ3v) is 2.67. The van der Waals surface area contributed by atoms with E-state index in [1.54, 1.807) is 6.07 Å². The Morgan fingerprint density at radius 3 is 2.88 bits per heavy atom. The quantitative estimate of drug-likeness (QED) is 0.509. The lowest BCUT2D eigenvalue weighted by Crippen LogP contribution is -2.31. The van der Waals surface area contributed by atoms with Gasteiger partial charge in [-0.25, -0.2) is 5.84 Å². The number of nitrogens with two attached hydrogens (primary N) is 1. The minimum atomic E-state index is -0.272. The summed E-state index contributed by atoms with van der Waals surface area (Å²) in [4.78, 5) is 10.9. The van der Waals surface area contributed by atoms with E-state index in [9.17, 15) is 4.79 Å². The number of nitrogens with one attached hydrogen (secondary N) is 1. The van der Waals surface area contributed by atoms with Gasteiger partial charge in [-0.05, 0) is 24.6 Å². The Labute approximate surface area is 107 Å². The number of amides is 1. The second-order valence-corrected chi connectivity index (χ2v) is 4.52. The van der Waals surface area contributed by atoms with Crippen molar-refractivity contribution in [3.05, 3.63) is 27.2 Å². The van der Waals surface area contributed by atoms with Crippen LogP contribution in [0, 0.1) is 6.92 Å². The minimum absolute atomic E-state index is 0.197. The van der Waals surface area contributed by atoms with Gasteiger partial charge in [-0.1, -0.05) is 27.5 Å². The first-order valence-electron chi connectivity index (χ1n) is 4.62. The number of aryl methyl sites for hydroxylation is 1. The molecule has 3 N–H and O–H groups in total. The molecule has 0 heterocycles. The zero-order valence-corrected chi connectivity index (χ0v) is 11.1. The summed E-state index contributed by atoms with van der Waals surface area (Å²) in [6, 6.07) is 3.64. The van der Waals surface area contributed by atoms with Crippen LogP contribution in [0.4, 0.5) is 0 Å². The molecule has 1 aromatic rings. The van der Waals surface area contributed by atoms with Crippen molar-refractivity contribution >= 4 is 33.4 Å². The molecule has 1 rings (SSSR count). The van der Waals surface area contributed by atoms with Crippen LogP contribution in [0.1, 0.15) is 12.0 Å². The summed E-state index contributed by atoms with van der Waals surface area (Å²) in [5, 5.41) is 0.514. The summed E-state index contributed by atoms with van der Waals surface area (Å²) >= 11 is 9.33. The zero-order chi connectivity index (χ0) is 12.1. The molecule has 88 valence electrons. The van der Waals surface area contributed by atoms with E-state index >= 15 is 0 Å². The SMILES string of the molecule is Cc1cc(Br)cc(Cl)c1OCCC(=O)NN. The first-order chi connectivity index (χ1) is 7.54. The largest absolute Gasteiger partial charge is 0.491 e. The normalized spacial score (nSPS) is 10.0. The molecule has 0 bridgehead atoms. The van der Waals surface area contributed by atoms with Crippen LogP contribution in [0.3, 0.4) is 0 Å². The minimum Gasteiger partial charge on any atom is -0.491 e. The lowest BCUT2D eigenvalue weighted by Gasteiger charge is -2.10. The molecule has 4 nitrogen and oxygen atoms in total. The fourth-order valence-electron chi connectivity index (χ4n) is 1.19. The van der Waals surface area contributed by atoms with Gasteiger partial charge in [0.25, 0.3) is 0 Å². The monoisotopic (exact) mass is 306 g/mol. The zero-order valence-electron chi connectivity index (χ0n) is 8.72. The Kier molecular flexibility index (Phi) is 5.05. The Morgan fingerprint density at radius 1 is 1.62 bits per heavy atom. The van der Waals surface area contributed by atoms with E-state index in [0.717, 1.165) is 10.0 Å². The summed E-state index contributed by atoms with van der Waals surface area (Å²) in [6.45, 7) is 2.13. The molecule has 0 unspecified atom stereocenters. The van der Waals surface area contributed by atoms with Crippen molar-refractivity contribution in [3.8, 4) is 5.75 Å². The van der Waals surface area contributed by atoms with E-state index < -0.39 is 0 Å². The topological polar surface area (TPSA) is 64.3 Å². The number of carbonyl (C=O) groups is 1. The van der Waals surface area contributed by atoms with Gasteiger partial charge in [-0.15, -0.1) is 0 Å². The fourth-order valence-corrected chi connectivity index (χ4v) is 2.21. The van der Waals surface area contributed by atoms with E-state index in [1.807, 2.05) is 18.4 Å². The Hall–Kier alpha value is -0.780. The number of ether oxygens (including phenoxy) is 1. The summed E-state index contributed by atoms with van der Waals surface area (Å²) in [7, 11) is 0. The van der Waals surface area contributed by atoms with Crippen molar-refractivity contribution in [1.29, 1.82) is 0 Å². The number of carbonyl (C=O) groups excluding carboxylic acids is 1. The first-order valence-corrected chi connectivity index (χ1v) is 5.79. The van der Waals surface area contributed by atoms with Crippen molar-refractivity contribution in [2.24, 2.45) is 5.84 Å². The molecule has 0 aromatic heterocycles. The number of hydrazine groups is 1. The van der Waals surface area contributed by atoms with E-state index in [-0.39, 0.29) is 18.9 Å². The van der Waals surface area contributed by atoms with Gasteiger partial charge >= 0.3 is 0 Å². The van der Waals surface area contributed by atoms with Crippen molar-refractivity contribution < 1.29 is 9.53 Å². The van der Waals surface area contributed by atoms with Crippen LogP contribution >= 0.6 is 27.5 Å². The summed E-state index contributed by atoms with van der Waals surface area (Å²) in [5.74, 6) is 5.26. The van der Waals surface area contributed by atoms with Gasteiger partial charge in [-0.2, -0.15) is 0 Å². The van der Waals surface area contributed by atoms with Crippen LogP contribution in [0.25, 0.3) is 0 Å². The maximum absolute atomic E-state index is 10.9. The average molecular weight is 308 g/mol. The number of halogens is 2. The Balaban J connectivity index is 2.64. The second-order valence-electron chi connectivity index (χ2n) is 3.20. The highest BCUT2D eigenvalue weighted by Crippen LogP contribution is 2.31. The molecular weight excluding hydrogens is 295 g/mol. The van der Waals surface area contributed by atoms with Gasteiger partial charge in [0.1, 0.15) is 5.75 Å². The lowest BCUT2D eigenvalue weighted by atomic mass is 10.2. The third-order valence-electron chi connectivity index (χ3n) is 1.93. The molecule has 16 heavy (non-hydrogen) atoms. The van der Waals surface area contributed by atoms with E-state index in [2.05, 4.69) is 15.9 Å². The summed E-state index contributed by atoms with van der Waals surface area (Å²) in [6.07, 6.45) is 0.197. The van der Waals surface area contributed by atoms with Gasteiger partial charge < -0.3 is 4.74 Å². The summed E-state index contributed by atoms with van der Waals surface area (Å²) in [5.41, 5.74) is 2.94.